The number of rotatable bonds is 3. The van der Waals surface area contributed by atoms with Crippen molar-refractivity contribution in [2.75, 3.05) is 38.1 Å². The molecular formula is C14H20N3O. The molecule has 0 saturated carbocycles. The number of likely N-dealkylation sites (N-methyl/N-ethyl adjacent to an activating group) is 1. The molecule has 0 atom stereocenters. The van der Waals surface area contributed by atoms with Crippen molar-refractivity contribution in [3.05, 3.63) is 29.3 Å². The first-order valence-corrected chi connectivity index (χ1v) is 6.40. The van der Waals surface area contributed by atoms with Gasteiger partial charge in [0, 0.05) is 26.2 Å². The molecule has 1 aromatic rings. The van der Waals surface area contributed by atoms with E-state index in [2.05, 4.69) is 29.8 Å². The van der Waals surface area contributed by atoms with E-state index in [9.17, 15) is 4.79 Å². The Bertz CT molecular complexity index is 437. The third-order valence-electron chi connectivity index (χ3n) is 3.50. The van der Waals surface area contributed by atoms with Crippen LogP contribution in [0.4, 0.5) is 5.69 Å². The van der Waals surface area contributed by atoms with E-state index in [1.165, 1.54) is 5.56 Å². The van der Waals surface area contributed by atoms with E-state index < -0.39 is 0 Å². The number of nitrogens with two attached hydrogens (primary N) is 1. The summed E-state index contributed by atoms with van der Waals surface area (Å²) in [7, 11) is 2.12. The average molecular weight is 246 g/mol. The SMILES string of the molecule is CCc1cc[c]c(C(N)=O)c1N1CCN(C)CC1. The summed E-state index contributed by atoms with van der Waals surface area (Å²) in [6.07, 6.45) is 0.899. The number of hydrogen-bond acceptors (Lipinski definition) is 3. The highest BCUT2D eigenvalue weighted by Gasteiger charge is 2.21. The summed E-state index contributed by atoms with van der Waals surface area (Å²) in [5.41, 5.74) is 8.15. The van der Waals surface area contributed by atoms with Gasteiger partial charge in [-0.2, -0.15) is 0 Å². The second-order valence-electron chi connectivity index (χ2n) is 4.73. The Morgan fingerprint density at radius 2 is 2.06 bits per heavy atom. The van der Waals surface area contributed by atoms with Crippen molar-refractivity contribution < 1.29 is 4.79 Å². The molecule has 97 valence electrons. The number of piperazine rings is 1. The minimum atomic E-state index is -0.390. The average Bonchev–Trinajstić information content (AvgIpc) is 2.38. The van der Waals surface area contributed by atoms with E-state index >= 15 is 0 Å². The van der Waals surface area contributed by atoms with Gasteiger partial charge >= 0.3 is 0 Å². The van der Waals surface area contributed by atoms with E-state index in [-0.39, 0.29) is 5.91 Å². The van der Waals surface area contributed by atoms with Gasteiger partial charge in [0.15, 0.2) is 0 Å². The number of benzene rings is 1. The minimum absolute atomic E-state index is 0.390. The fraction of sp³-hybridized carbons (Fsp3) is 0.500. The Hall–Kier alpha value is -1.55. The third-order valence-corrected chi connectivity index (χ3v) is 3.50. The molecule has 0 spiro atoms. The summed E-state index contributed by atoms with van der Waals surface area (Å²) in [5, 5.41) is 0. The lowest BCUT2D eigenvalue weighted by Crippen LogP contribution is -2.45. The van der Waals surface area contributed by atoms with Crippen molar-refractivity contribution in [2.45, 2.75) is 13.3 Å². The van der Waals surface area contributed by atoms with Crippen LogP contribution in [0.2, 0.25) is 0 Å². The molecule has 2 N–H and O–H groups in total. The minimum Gasteiger partial charge on any atom is -0.368 e. The normalized spacial score (nSPS) is 16.9. The van der Waals surface area contributed by atoms with E-state index in [4.69, 9.17) is 5.73 Å². The first kappa shape index (κ1) is 12.9. The topological polar surface area (TPSA) is 49.6 Å². The fourth-order valence-electron chi connectivity index (χ4n) is 2.40. The number of carbonyl (C=O) groups is 1. The van der Waals surface area contributed by atoms with Gasteiger partial charge in [0.2, 0.25) is 0 Å². The van der Waals surface area contributed by atoms with Crippen LogP contribution in [0.15, 0.2) is 12.1 Å². The highest BCUT2D eigenvalue weighted by molar-refractivity contribution is 5.99. The number of hydrogen-bond donors (Lipinski definition) is 1. The highest BCUT2D eigenvalue weighted by atomic mass is 16.1. The lowest BCUT2D eigenvalue weighted by atomic mass is 10.0. The van der Waals surface area contributed by atoms with Gasteiger partial charge in [0.05, 0.1) is 11.3 Å². The van der Waals surface area contributed by atoms with Gasteiger partial charge in [0.1, 0.15) is 0 Å². The monoisotopic (exact) mass is 246 g/mol. The highest BCUT2D eigenvalue weighted by Crippen LogP contribution is 2.26. The van der Waals surface area contributed by atoms with Gasteiger partial charge in [0.25, 0.3) is 5.91 Å². The summed E-state index contributed by atoms with van der Waals surface area (Å²) < 4.78 is 0. The molecule has 1 fully saturated rings. The standard InChI is InChI=1S/C14H20N3O/c1-3-11-5-4-6-12(14(15)18)13(11)17-9-7-16(2)8-10-17/h4-5H,3,7-10H2,1-2H3,(H2,15,18). The van der Waals surface area contributed by atoms with Crippen LogP contribution in [0.3, 0.4) is 0 Å². The van der Waals surface area contributed by atoms with E-state index in [0.717, 1.165) is 38.3 Å². The predicted molar refractivity (Wildman–Crippen MR) is 72.9 cm³/mol. The number of nitrogens with zero attached hydrogens (tertiary/aromatic N) is 2. The Morgan fingerprint density at radius 3 is 2.61 bits per heavy atom. The molecule has 1 aromatic carbocycles. The Morgan fingerprint density at radius 1 is 1.39 bits per heavy atom. The maximum absolute atomic E-state index is 11.6. The number of anilines is 1. The first-order valence-electron chi connectivity index (χ1n) is 6.40. The van der Waals surface area contributed by atoms with Crippen molar-refractivity contribution in [3.63, 3.8) is 0 Å². The molecule has 1 aliphatic heterocycles. The van der Waals surface area contributed by atoms with Gasteiger partial charge in [-0.05, 0) is 25.1 Å². The number of primary amides is 1. The maximum atomic E-state index is 11.6. The van der Waals surface area contributed by atoms with E-state index in [0.29, 0.717) is 5.56 Å². The summed E-state index contributed by atoms with van der Waals surface area (Å²) in [4.78, 5) is 16.1. The smallest absolute Gasteiger partial charge is 0.251 e. The van der Waals surface area contributed by atoms with Crippen LogP contribution in [0.5, 0.6) is 0 Å². The van der Waals surface area contributed by atoms with Crippen LogP contribution >= 0.6 is 0 Å². The zero-order chi connectivity index (χ0) is 13.1. The van der Waals surface area contributed by atoms with Gasteiger partial charge in [-0.15, -0.1) is 0 Å². The summed E-state index contributed by atoms with van der Waals surface area (Å²) in [6.45, 7) is 5.98. The molecule has 1 radical (unpaired) electrons. The number of carbonyl (C=O) groups excluding carboxylic acids is 1. The van der Waals surface area contributed by atoms with Crippen LogP contribution in [-0.2, 0) is 6.42 Å². The molecular weight excluding hydrogens is 226 g/mol. The van der Waals surface area contributed by atoms with Crippen LogP contribution < -0.4 is 10.6 Å². The summed E-state index contributed by atoms with van der Waals surface area (Å²) in [5.74, 6) is -0.390. The molecule has 0 bridgehead atoms. The van der Waals surface area contributed by atoms with Crippen LogP contribution in [-0.4, -0.2) is 44.0 Å². The number of amides is 1. The Balaban J connectivity index is 2.37. The molecule has 0 aromatic heterocycles. The lowest BCUT2D eigenvalue weighted by molar-refractivity contribution is 0.1000. The van der Waals surface area contributed by atoms with Crippen LogP contribution in [0.25, 0.3) is 0 Å². The molecule has 18 heavy (non-hydrogen) atoms. The third kappa shape index (κ3) is 2.48. The molecule has 1 aliphatic rings. The van der Waals surface area contributed by atoms with E-state index in [1.54, 1.807) is 6.07 Å². The number of aryl methyl sites for hydroxylation is 1. The largest absolute Gasteiger partial charge is 0.368 e. The summed E-state index contributed by atoms with van der Waals surface area (Å²) >= 11 is 0. The Kier molecular flexibility index (Phi) is 3.87. The van der Waals surface area contributed by atoms with Crippen LogP contribution in [0.1, 0.15) is 22.8 Å². The second-order valence-corrected chi connectivity index (χ2v) is 4.73. The van der Waals surface area contributed by atoms with Crippen molar-refractivity contribution in [3.8, 4) is 0 Å². The van der Waals surface area contributed by atoms with Crippen LogP contribution in [0, 0.1) is 6.07 Å². The van der Waals surface area contributed by atoms with Gasteiger partial charge < -0.3 is 15.5 Å². The first-order chi connectivity index (χ1) is 8.63. The molecule has 4 nitrogen and oxygen atoms in total. The molecule has 1 heterocycles. The molecule has 0 unspecified atom stereocenters. The Labute approximate surface area is 108 Å². The predicted octanol–water partition coefficient (Wildman–Crippen LogP) is 0.900. The van der Waals surface area contributed by atoms with Crippen molar-refractivity contribution in [1.82, 2.24) is 4.90 Å². The van der Waals surface area contributed by atoms with Gasteiger partial charge in [-0.1, -0.05) is 19.1 Å². The van der Waals surface area contributed by atoms with Gasteiger partial charge in [-0.25, -0.2) is 0 Å². The van der Waals surface area contributed by atoms with Crippen molar-refractivity contribution in [2.24, 2.45) is 5.73 Å². The zero-order valence-electron chi connectivity index (χ0n) is 11.1. The van der Waals surface area contributed by atoms with Crippen molar-refractivity contribution >= 4 is 11.6 Å². The molecule has 0 aliphatic carbocycles. The second kappa shape index (κ2) is 5.40. The summed E-state index contributed by atoms with van der Waals surface area (Å²) in [6, 6.07) is 6.81. The zero-order valence-corrected chi connectivity index (χ0v) is 11.1. The van der Waals surface area contributed by atoms with Gasteiger partial charge in [-0.3, -0.25) is 4.79 Å². The maximum Gasteiger partial charge on any atom is 0.251 e. The molecule has 4 heteroatoms. The van der Waals surface area contributed by atoms with E-state index in [1.807, 2.05) is 6.07 Å². The fourth-order valence-corrected chi connectivity index (χ4v) is 2.40. The molecule has 1 amide bonds. The van der Waals surface area contributed by atoms with Crippen molar-refractivity contribution in [1.29, 1.82) is 0 Å². The molecule has 2 rings (SSSR count). The molecule has 1 saturated heterocycles. The quantitative estimate of drug-likeness (QED) is 0.862. The lowest BCUT2D eigenvalue weighted by Gasteiger charge is -2.36.